The van der Waals surface area contributed by atoms with Gasteiger partial charge in [-0.05, 0) is 56.7 Å². The minimum absolute atomic E-state index is 0.141. The molecule has 0 radical (unpaired) electrons. The summed E-state index contributed by atoms with van der Waals surface area (Å²) in [5.74, 6) is 0.861. The summed E-state index contributed by atoms with van der Waals surface area (Å²) in [5.41, 5.74) is 1.77. The Morgan fingerprint density at radius 2 is 2.20 bits per heavy atom. The monoisotopic (exact) mass is 273 g/mol. The van der Waals surface area contributed by atoms with Crippen LogP contribution in [-0.2, 0) is 0 Å². The molecule has 4 heteroatoms. The Kier molecular flexibility index (Phi) is 4.01. The number of carbonyl (C=O) groups is 1. The maximum atomic E-state index is 12.7. The molecule has 0 aromatic carbocycles. The largest absolute Gasteiger partial charge is 0.337 e. The van der Waals surface area contributed by atoms with Crippen molar-refractivity contribution in [2.24, 2.45) is 5.92 Å². The van der Waals surface area contributed by atoms with Crippen molar-refractivity contribution >= 4 is 5.91 Å². The fraction of sp³-hybridized carbons (Fsp3) is 0.625. The average Bonchev–Trinajstić information content (AvgIpc) is 3.11. The zero-order chi connectivity index (χ0) is 13.9. The Hall–Kier alpha value is -1.42. The molecule has 1 aliphatic carbocycles. The molecule has 2 aliphatic rings. The van der Waals surface area contributed by atoms with Gasteiger partial charge in [0.2, 0.25) is 0 Å². The summed E-state index contributed by atoms with van der Waals surface area (Å²) in [6.45, 7) is 4.81. The highest BCUT2D eigenvalue weighted by Crippen LogP contribution is 2.30. The molecule has 0 bridgehead atoms. The zero-order valence-corrected chi connectivity index (χ0v) is 12.1. The van der Waals surface area contributed by atoms with Crippen LogP contribution >= 0.6 is 0 Å². The average molecular weight is 273 g/mol. The topological polar surface area (TPSA) is 45.2 Å². The molecule has 1 aromatic rings. The van der Waals surface area contributed by atoms with Gasteiger partial charge in [0.25, 0.3) is 5.91 Å². The van der Waals surface area contributed by atoms with Crippen molar-refractivity contribution in [2.45, 2.75) is 38.6 Å². The minimum Gasteiger partial charge on any atom is -0.337 e. The minimum atomic E-state index is 0.141. The third-order valence-electron chi connectivity index (χ3n) is 4.19. The lowest BCUT2D eigenvalue weighted by molar-refractivity contribution is 0.0733. The number of nitrogens with one attached hydrogen (secondary N) is 1. The predicted octanol–water partition coefficient (Wildman–Crippen LogP) is 1.99. The van der Waals surface area contributed by atoms with E-state index in [1.165, 1.54) is 25.7 Å². The van der Waals surface area contributed by atoms with Gasteiger partial charge in [0, 0.05) is 31.5 Å². The fourth-order valence-corrected chi connectivity index (χ4v) is 2.89. The number of carbonyl (C=O) groups excluding carboxylic acids is 1. The lowest BCUT2D eigenvalue weighted by Gasteiger charge is -2.26. The first-order valence-electron chi connectivity index (χ1n) is 7.66. The summed E-state index contributed by atoms with van der Waals surface area (Å²) in [6, 6.07) is 2.41. The number of aromatic nitrogens is 1. The maximum Gasteiger partial charge on any atom is 0.255 e. The van der Waals surface area contributed by atoms with Crippen LogP contribution in [0.2, 0.25) is 0 Å². The van der Waals surface area contributed by atoms with E-state index < -0.39 is 0 Å². The molecule has 1 atom stereocenters. The second-order valence-corrected chi connectivity index (χ2v) is 6.20. The molecule has 1 amide bonds. The van der Waals surface area contributed by atoms with Crippen molar-refractivity contribution in [3.8, 4) is 0 Å². The molecule has 1 aliphatic heterocycles. The number of hydrogen-bond acceptors (Lipinski definition) is 3. The Bertz CT molecular complexity index is 478. The van der Waals surface area contributed by atoms with E-state index in [2.05, 4.69) is 10.3 Å². The molecule has 1 saturated carbocycles. The molecule has 1 N–H and O–H groups in total. The van der Waals surface area contributed by atoms with Gasteiger partial charge in [-0.3, -0.25) is 9.78 Å². The highest BCUT2D eigenvalue weighted by atomic mass is 16.2. The summed E-state index contributed by atoms with van der Waals surface area (Å²) >= 11 is 0. The van der Waals surface area contributed by atoms with Crippen molar-refractivity contribution in [3.05, 3.63) is 29.6 Å². The van der Waals surface area contributed by atoms with Crippen molar-refractivity contribution < 1.29 is 4.79 Å². The van der Waals surface area contributed by atoms with Crippen molar-refractivity contribution in [1.29, 1.82) is 0 Å². The standard InChI is InChI=1S/C16H23N3O/c1-12-7-14(9-17-8-12)16(20)19(10-13-4-5-13)11-15-3-2-6-18-15/h7-9,13,15,18H,2-6,10-11H2,1H3. The highest BCUT2D eigenvalue weighted by molar-refractivity contribution is 5.94. The Morgan fingerprint density at radius 3 is 2.85 bits per heavy atom. The first kappa shape index (κ1) is 13.6. The normalized spacial score (nSPS) is 21.9. The Labute approximate surface area is 120 Å². The van der Waals surface area contributed by atoms with Crippen LogP contribution in [0.1, 0.15) is 41.6 Å². The molecule has 2 fully saturated rings. The molecule has 3 rings (SSSR count). The van der Waals surface area contributed by atoms with Crippen LogP contribution < -0.4 is 5.32 Å². The molecular weight excluding hydrogens is 250 g/mol. The number of hydrogen-bond donors (Lipinski definition) is 1. The van der Waals surface area contributed by atoms with E-state index in [1.807, 2.05) is 17.9 Å². The van der Waals surface area contributed by atoms with Crippen molar-refractivity contribution in [2.75, 3.05) is 19.6 Å². The van der Waals surface area contributed by atoms with Gasteiger partial charge in [-0.15, -0.1) is 0 Å². The van der Waals surface area contributed by atoms with E-state index in [1.54, 1.807) is 12.4 Å². The lowest BCUT2D eigenvalue weighted by Crippen LogP contribution is -2.42. The van der Waals surface area contributed by atoms with E-state index >= 15 is 0 Å². The van der Waals surface area contributed by atoms with Gasteiger partial charge in [-0.25, -0.2) is 0 Å². The Morgan fingerprint density at radius 1 is 1.35 bits per heavy atom. The third kappa shape index (κ3) is 3.37. The summed E-state index contributed by atoms with van der Waals surface area (Å²) in [5, 5.41) is 3.49. The van der Waals surface area contributed by atoms with Gasteiger partial charge in [0.05, 0.1) is 5.56 Å². The van der Waals surface area contributed by atoms with Crippen LogP contribution in [0, 0.1) is 12.8 Å². The maximum absolute atomic E-state index is 12.7. The van der Waals surface area contributed by atoms with Gasteiger partial charge in [-0.1, -0.05) is 0 Å². The van der Waals surface area contributed by atoms with E-state index in [0.29, 0.717) is 6.04 Å². The van der Waals surface area contributed by atoms with Gasteiger partial charge in [0.15, 0.2) is 0 Å². The van der Waals surface area contributed by atoms with Gasteiger partial charge < -0.3 is 10.2 Å². The second kappa shape index (κ2) is 5.92. The van der Waals surface area contributed by atoms with Gasteiger partial charge >= 0.3 is 0 Å². The van der Waals surface area contributed by atoms with Gasteiger partial charge in [0.1, 0.15) is 0 Å². The molecular formula is C16H23N3O. The first-order valence-corrected chi connectivity index (χ1v) is 7.66. The summed E-state index contributed by atoms with van der Waals surface area (Å²) in [6.07, 6.45) is 8.43. The molecule has 0 spiro atoms. The summed E-state index contributed by atoms with van der Waals surface area (Å²) < 4.78 is 0. The Balaban J connectivity index is 1.71. The number of nitrogens with zero attached hydrogens (tertiary/aromatic N) is 2. The highest BCUT2D eigenvalue weighted by Gasteiger charge is 2.29. The van der Waals surface area contributed by atoms with Crippen molar-refractivity contribution in [3.63, 3.8) is 0 Å². The molecule has 20 heavy (non-hydrogen) atoms. The molecule has 2 heterocycles. The second-order valence-electron chi connectivity index (χ2n) is 6.20. The molecule has 1 aromatic heterocycles. The summed E-state index contributed by atoms with van der Waals surface area (Å²) in [7, 11) is 0. The lowest BCUT2D eigenvalue weighted by atomic mass is 10.1. The smallest absolute Gasteiger partial charge is 0.255 e. The zero-order valence-electron chi connectivity index (χ0n) is 12.1. The third-order valence-corrected chi connectivity index (χ3v) is 4.19. The quantitative estimate of drug-likeness (QED) is 0.892. The van der Waals surface area contributed by atoms with Crippen LogP contribution in [0.25, 0.3) is 0 Å². The number of aryl methyl sites for hydroxylation is 1. The van der Waals surface area contributed by atoms with Crippen LogP contribution in [0.15, 0.2) is 18.5 Å². The van der Waals surface area contributed by atoms with Crippen LogP contribution in [-0.4, -0.2) is 41.5 Å². The number of amides is 1. The first-order chi connectivity index (χ1) is 9.72. The van der Waals surface area contributed by atoms with E-state index in [0.717, 1.165) is 36.7 Å². The van der Waals surface area contributed by atoms with Crippen LogP contribution in [0.5, 0.6) is 0 Å². The SMILES string of the molecule is Cc1cncc(C(=O)N(CC2CC2)CC2CCCN2)c1. The van der Waals surface area contributed by atoms with Crippen molar-refractivity contribution in [1.82, 2.24) is 15.2 Å². The molecule has 1 saturated heterocycles. The molecule has 1 unspecified atom stereocenters. The van der Waals surface area contributed by atoms with Crippen LogP contribution in [0.4, 0.5) is 0 Å². The van der Waals surface area contributed by atoms with E-state index in [4.69, 9.17) is 0 Å². The number of pyridine rings is 1. The summed E-state index contributed by atoms with van der Waals surface area (Å²) in [4.78, 5) is 18.9. The molecule has 4 nitrogen and oxygen atoms in total. The predicted molar refractivity (Wildman–Crippen MR) is 78.6 cm³/mol. The fourth-order valence-electron chi connectivity index (χ4n) is 2.89. The number of rotatable bonds is 5. The molecule has 108 valence electrons. The van der Waals surface area contributed by atoms with E-state index in [-0.39, 0.29) is 5.91 Å². The van der Waals surface area contributed by atoms with Gasteiger partial charge in [-0.2, -0.15) is 0 Å². The van der Waals surface area contributed by atoms with E-state index in [9.17, 15) is 4.79 Å². The van der Waals surface area contributed by atoms with Crippen LogP contribution in [0.3, 0.4) is 0 Å².